The molecule has 248 valence electrons. The average molecular weight is 981 g/mol. The van der Waals surface area contributed by atoms with Crippen LogP contribution in [0.2, 0.25) is 0 Å². The smallest absolute Gasteiger partial charge is 0.169 e. The maximum atomic E-state index is 2.31. The zero-order valence-corrected chi connectivity index (χ0v) is 34.2. The van der Waals surface area contributed by atoms with Crippen molar-refractivity contribution >= 4 is 53.5 Å². The second-order valence-electron chi connectivity index (χ2n) is 11.5. The van der Waals surface area contributed by atoms with Gasteiger partial charge in [-0.3, -0.25) is 0 Å². The zero-order valence-electron chi connectivity index (χ0n) is 27.7. The van der Waals surface area contributed by atoms with E-state index in [0.717, 1.165) is 33.8 Å². The molecular weight excluding hydrogens is 941 g/mol. The zero-order chi connectivity index (χ0) is 31.7. The van der Waals surface area contributed by atoms with Crippen LogP contribution in [0.3, 0.4) is 0 Å². The molecule has 3 aromatic carbocycles. The molecule has 3 heterocycles. The summed E-state index contributed by atoms with van der Waals surface area (Å²) in [5, 5.41) is 0. The van der Waals surface area contributed by atoms with E-state index in [0.29, 0.717) is 0 Å². The van der Waals surface area contributed by atoms with Crippen LogP contribution in [0.4, 0.5) is 17.1 Å². The Balaban J connectivity index is 0.00000217. The van der Waals surface area contributed by atoms with E-state index in [1.54, 1.807) is 0 Å². The lowest BCUT2D eigenvalue weighted by atomic mass is 10.1. The van der Waals surface area contributed by atoms with Crippen molar-refractivity contribution in [1.29, 1.82) is 0 Å². The molecule has 0 aliphatic rings. The lowest BCUT2D eigenvalue weighted by Gasteiger charge is -2.26. The third kappa shape index (κ3) is 11.4. The van der Waals surface area contributed by atoms with Crippen molar-refractivity contribution in [3.8, 4) is 0 Å². The monoisotopic (exact) mass is 980 g/mol. The molecule has 6 rings (SSSR count). The van der Waals surface area contributed by atoms with Crippen molar-refractivity contribution in [2.75, 3.05) is 4.90 Å². The van der Waals surface area contributed by atoms with Crippen LogP contribution < -0.4 is 90.5 Å². The molecule has 4 nitrogen and oxygen atoms in total. The van der Waals surface area contributed by atoms with Gasteiger partial charge in [0.1, 0.15) is 21.1 Å². The van der Waals surface area contributed by atoms with Gasteiger partial charge in [0.05, 0.1) is 0 Å². The van der Waals surface area contributed by atoms with Gasteiger partial charge in [0.2, 0.25) is 0 Å². The highest BCUT2D eigenvalue weighted by molar-refractivity contribution is 5.80. The molecule has 0 N–H and O–H groups in total. The summed E-state index contributed by atoms with van der Waals surface area (Å²) in [5.41, 5.74) is 10.3. The molecule has 0 radical (unpaired) electrons. The molecule has 6 aromatic rings. The summed E-state index contributed by atoms with van der Waals surface area (Å²) in [6.07, 6.45) is 25.3. The van der Waals surface area contributed by atoms with Crippen molar-refractivity contribution in [1.82, 2.24) is 0 Å². The number of aryl methyl sites for hydroxylation is 3. The first-order chi connectivity index (χ1) is 22.5. The number of halogens is 3. The predicted octanol–water partition coefficient (Wildman–Crippen LogP) is -0.847. The van der Waals surface area contributed by atoms with E-state index in [-0.39, 0.29) is 71.9 Å². The summed E-state index contributed by atoms with van der Waals surface area (Å²) in [7, 11) is 6.09. The lowest BCUT2D eigenvalue weighted by molar-refractivity contribution is -0.671. The minimum absolute atomic E-state index is 0. The number of pyridine rings is 3. The molecule has 0 fully saturated rings. The first-order valence-corrected chi connectivity index (χ1v) is 15.5. The number of hydrogen-bond donors (Lipinski definition) is 0. The van der Waals surface area contributed by atoms with Crippen LogP contribution in [-0.4, -0.2) is 0 Å². The maximum absolute atomic E-state index is 2.31. The molecule has 0 amide bonds. The molecule has 0 unspecified atom stereocenters. The Morgan fingerprint density at radius 3 is 0.694 bits per heavy atom. The second-order valence-corrected chi connectivity index (χ2v) is 11.5. The minimum atomic E-state index is 0. The molecule has 3 aromatic heterocycles. The molecule has 0 bridgehead atoms. The fourth-order valence-electron chi connectivity index (χ4n) is 5.10. The van der Waals surface area contributed by atoms with E-state index in [2.05, 4.69) is 188 Å². The SMILES string of the molecule is C[n+]1ccc(/C=C/c2ccc(N(c3ccc(/C=C/c4cc[n+](C)cc4)cc3)c3ccc(/C=C/c4cc[n+](C)cc4)cc3)cc2)cc1.[I-].[I-].[I-]. The highest BCUT2D eigenvalue weighted by Gasteiger charge is 2.12. The van der Waals surface area contributed by atoms with Crippen LogP contribution in [-0.2, 0) is 21.1 Å². The Labute approximate surface area is 341 Å². The van der Waals surface area contributed by atoms with Gasteiger partial charge in [-0.1, -0.05) is 72.9 Å². The van der Waals surface area contributed by atoms with Crippen LogP contribution in [0.15, 0.2) is 146 Å². The maximum Gasteiger partial charge on any atom is 0.169 e. The first kappa shape index (κ1) is 39.8. The molecule has 0 spiro atoms. The van der Waals surface area contributed by atoms with Crippen LogP contribution in [0.1, 0.15) is 33.4 Å². The van der Waals surface area contributed by atoms with Gasteiger partial charge in [0.15, 0.2) is 37.2 Å². The molecular formula is C42H39I3N4. The van der Waals surface area contributed by atoms with E-state index < -0.39 is 0 Å². The molecule has 7 heteroatoms. The van der Waals surface area contributed by atoms with E-state index in [9.17, 15) is 0 Å². The third-order valence-corrected chi connectivity index (χ3v) is 7.87. The first-order valence-electron chi connectivity index (χ1n) is 15.5. The normalized spacial score (nSPS) is 10.8. The van der Waals surface area contributed by atoms with E-state index >= 15 is 0 Å². The van der Waals surface area contributed by atoms with Crippen molar-refractivity contribution in [3.05, 3.63) is 180 Å². The molecule has 0 saturated carbocycles. The van der Waals surface area contributed by atoms with Crippen molar-refractivity contribution in [2.45, 2.75) is 0 Å². The predicted molar refractivity (Wildman–Crippen MR) is 191 cm³/mol. The van der Waals surface area contributed by atoms with Crippen molar-refractivity contribution in [2.24, 2.45) is 21.1 Å². The van der Waals surface area contributed by atoms with E-state index in [1.807, 2.05) is 34.8 Å². The number of benzene rings is 3. The topological polar surface area (TPSA) is 14.9 Å². The van der Waals surface area contributed by atoms with Gasteiger partial charge < -0.3 is 76.8 Å². The fraction of sp³-hybridized carbons (Fsp3) is 0.0714. The Morgan fingerprint density at radius 1 is 0.306 bits per heavy atom. The quantitative estimate of drug-likeness (QED) is 0.137. The van der Waals surface area contributed by atoms with Gasteiger partial charge in [-0.05, 0) is 69.8 Å². The minimum Gasteiger partial charge on any atom is -1.00 e. The molecule has 0 saturated heterocycles. The van der Waals surface area contributed by atoms with Gasteiger partial charge in [0.25, 0.3) is 0 Å². The summed E-state index contributed by atoms with van der Waals surface area (Å²) in [5.74, 6) is 0. The summed E-state index contributed by atoms with van der Waals surface area (Å²) in [6, 6.07) is 38.9. The van der Waals surface area contributed by atoms with Crippen LogP contribution >= 0.6 is 0 Å². The van der Waals surface area contributed by atoms with E-state index in [4.69, 9.17) is 0 Å². The highest BCUT2D eigenvalue weighted by Crippen LogP contribution is 2.35. The highest BCUT2D eigenvalue weighted by atomic mass is 127. The van der Waals surface area contributed by atoms with Crippen LogP contribution in [0, 0.1) is 0 Å². The average Bonchev–Trinajstić information content (AvgIpc) is 3.09. The Morgan fingerprint density at radius 2 is 0.490 bits per heavy atom. The third-order valence-electron chi connectivity index (χ3n) is 7.87. The second kappa shape index (κ2) is 19.5. The Bertz CT molecular complexity index is 1730. The van der Waals surface area contributed by atoms with Gasteiger partial charge in [0, 0.05) is 53.5 Å². The number of rotatable bonds is 9. The number of hydrogen-bond acceptors (Lipinski definition) is 1. The van der Waals surface area contributed by atoms with Crippen molar-refractivity contribution in [3.63, 3.8) is 0 Å². The van der Waals surface area contributed by atoms with Gasteiger partial charge in [-0.25, -0.2) is 13.7 Å². The fourth-order valence-corrected chi connectivity index (χ4v) is 5.10. The molecule has 0 aliphatic heterocycles. The summed E-state index contributed by atoms with van der Waals surface area (Å²) in [6.45, 7) is 0. The Hall–Kier alpha value is -3.68. The van der Waals surface area contributed by atoms with E-state index in [1.165, 1.54) is 16.7 Å². The van der Waals surface area contributed by atoms with Crippen LogP contribution in [0.5, 0.6) is 0 Å². The summed E-state index contributed by atoms with van der Waals surface area (Å²) in [4.78, 5) is 2.31. The van der Waals surface area contributed by atoms with Gasteiger partial charge in [-0.15, -0.1) is 0 Å². The van der Waals surface area contributed by atoms with Gasteiger partial charge in [-0.2, -0.15) is 0 Å². The van der Waals surface area contributed by atoms with Crippen LogP contribution in [0.25, 0.3) is 36.5 Å². The number of anilines is 3. The summed E-state index contributed by atoms with van der Waals surface area (Å²) >= 11 is 0. The summed E-state index contributed by atoms with van der Waals surface area (Å²) < 4.78 is 6.12. The molecule has 0 aliphatic carbocycles. The standard InChI is InChI=1S/C42H39N4.3HI/c1-43-28-22-37(23-29-43)7-4-34-10-16-40(17-11-34)46(41-18-12-35(13-19-41)5-8-38-24-30-44(2)31-25-38)42-20-14-36(15-21-42)6-9-39-26-32-45(3)33-27-39;;;/h4-33H,1-3H3;3*1H/q+3;;;/p-3. The van der Waals surface area contributed by atoms with Crippen molar-refractivity contribution < 1.29 is 85.6 Å². The number of nitrogens with zero attached hydrogens (tertiary/aromatic N) is 4. The Kier molecular flexibility index (Phi) is 15.8. The molecule has 0 atom stereocenters. The number of aromatic nitrogens is 3. The molecule has 49 heavy (non-hydrogen) atoms. The van der Waals surface area contributed by atoms with Gasteiger partial charge >= 0.3 is 0 Å². The lowest BCUT2D eigenvalue weighted by Crippen LogP contribution is -3.00. The largest absolute Gasteiger partial charge is 1.00 e.